The molecule has 1 atom stereocenters. The van der Waals surface area contributed by atoms with Crippen molar-refractivity contribution in [3.63, 3.8) is 0 Å². The van der Waals surface area contributed by atoms with Gasteiger partial charge in [-0.15, -0.1) is 0 Å². The molecule has 1 aromatic carbocycles. The Balaban J connectivity index is 1.36. The number of nitrogens with one attached hydrogen (secondary N) is 1. The van der Waals surface area contributed by atoms with E-state index in [0.29, 0.717) is 12.0 Å². The van der Waals surface area contributed by atoms with Crippen LogP contribution in [0.3, 0.4) is 0 Å². The van der Waals surface area contributed by atoms with Crippen LogP contribution in [0, 0.1) is 0 Å². The van der Waals surface area contributed by atoms with Crippen molar-refractivity contribution in [1.29, 1.82) is 0 Å². The van der Waals surface area contributed by atoms with Gasteiger partial charge in [-0.3, -0.25) is 4.90 Å². The molecule has 1 unspecified atom stereocenters. The number of nitrogens with zero attached hydrogens (tertiary/aromatic N) is 1. The molecule has 0 aliphatic carbocycles. The van der Waals surface area contributed by atoms with Gasteiger partial charge in [0.25, 0.3) is 0 Å². The van der Waals surface area contributed by atoms with E-state index in [2.05, 4.69) is 34.5 Å². The van der Waals surface area contributed by atoms with E-state index in [4.69, 9.17) is 9.47 Å². The molecule has 3 saturated heterocycles. The average molecular weight is 302 g/mol. The third-order valence-corrected chi connectivity index (χ3v) is 5.71. The van der Waals surface area contributed by atoms with Crippen LogP contribution in [0.2, 0.25) is 0 Å². The summed E-state index contributed by atoms with van der Waals surface area (Å²) in [7, 11) is 1.77. The number of piperidine rings is 1. The van der Waals surface area contributed by atoms with E-state index in [1.807, 2.05) is 0 Å². The van der Waals surface area contributed by atoms with Gasteiger partial charge in [-0.25, -0.2) is 0 Å². The van der Waals surface area contributed by atoms with E-state index < -0.39 is 0 Å². The molecule has 3 fully saturated rings. The average Bonchev–Trinajstić information content (AvgIpc) is 3.01. The third-order valence-electron chi connectivity index (χ3n) is 5.71. The summed E-state index contributed by atoms with van der Waals surface area (Å²) in [5.41, 5.74) is 1.55. The molecule has 1 aromatic rings. The summed E-state index contributed by atoms with van der Waals surface area (Å²) in [4.78, 5) is 2.65. The van der Waals surface area contributed by atoms with Crippen molar-refractivity contribution in [2.45, 2.75) is 36.8 Å². The third kappa shape index (κ3) is 2.53. The smallest absolute Gasteiger partial charge is 0.122 e. The van der Waals surface area contributed by atoms with Gasteiger partial charge in [0.15, 0.2) is 0 Å². The highest BCUT2D eigenvalue weighted by Gasteiger charge is 2.47. The molecule has 3 aliphatic heterocycles. The van der Waals surface area contributed by atoms with Gasteiger partial charge in [-0.2, -0.15) is 0 Å². The highest BCUT2D eigenvalue weighted by atomic mass is 16.5. The van der Waals surface area contributed by atoms with Gasteiger partial charge < -0.3 is 14.8 Å². The van der Waals surface area contributed by atoms with E-state index >= 15 is 0 Å². The Labute approximate surface area is 132 Å². The zero-order valence-corrected chi connectivity index (χ0v) is 13.4. The Morgan fingerprint density at radius 2 is 2.00 bits per heavy atom. The van der Waals surface area contributed by atoms with Crippen molar-refractivity contribution < 1.29 is 9.47 Å². The van der Waals surface area contributed by atoms with Crippen LogP contribution in [0.5, 0.6) is 5.75 Å². The fraction of sp³-hybridized carbons (Fsp3) is 0.667. The quantitative estimate of drug-likeness (QED) is 0.926. The second-order valence-corrected chi connectivity index (χ2v) is 7.01. The predicted octanol–water partition coefficient (Wildman–Crippen LogP) is 2.01. The summed E-state index contributed by atoms with van der Waals surface area (Å²) in [6.45, 7) is 5.36. The van der Waals surface area contributed by atoms with Crippen LogP contribution in [-0.2, 0) is 4.74 Å². The van der Waals surface area contributed by atoms with Gasteiger partial charge in [-0.1, -0.05) is 18.2 Å². The maximum Gasteiger partial charge on any atom is 0.122 e. The largest absolute Gasteiger partial charge is 0.496 e. The first kappa shape index (κ1) is 14.5. The molecule has 0 bridgehead atoms. The Kier molecular flexibility index (Phi) is 3.84. The molecule has 0 saturated carbocycles. The zero-order valence-electron chi connectivity index (χ0n) is 13.4. The van der Waals surface area contributed by atoms with Crippen LogP contribution in [0.25, 0.3) is 0 Å². The molecule has 22 heavy (non-hydrogen) atoms. The normalized spacial score (nSPS) is 28.7. The van der Waals surface area contributed by atoms with E-state index in [1.54, 1.807) is 7.11 Å². The number of rotatable bonds is 3. The lowest BCUT2D eigenvalue weighted by Crippen LogP contribution is -2.59. The zero-order chi connectivity index (χ0) is 15.0. The van der Waals surface area contributed by atoms with Gasteiger partial charge in [0.05, 0.1) is 19.3 Å². The van der Waals surface area contributed by atoms with E-state index in [-0.39, 0.29) is 5.60 Å². The molecule has 3 aliphatic rings. The van der Waals surface area contributed by atoms with E-state index in [0.717, 1.165) is 25.4 Å². The summed E-state index contributed by atoms with van der Waals surface area (Å²) < 4.78 is 11.6. The molecular weight excluding hydrogens is 276 g/mol. The molecule has 4 heteroatoms. The molecule has 3 heterocycles. The minimum absolute atomic E-state index is 0.171. The maximum absolute atomic E-state index is 6.07. The van der Waals surface area contributed by atoms with Crippen LogP contribution >= 0.6 is 0 Å². The number of hydrogen-bond acceptors (Lipinski definition) is 4. The Hall–Kier alpha value is -1.10. The number of para-hydroxylation sites is 1. The topological polar surface area (TPSA) is 33.7 Å². The van der Waals surface area contributed by atoms with Crippen LogP contribution in [0.15, 0.2) is 24.3 Å². The number of ether oxygens (including phenoxy) is 2. The van der Waals surface area contributed by atoms with Gasteiger partial charge in [0.1, 0.15) is 5.75 Å². The highest BCUT2D eigenvalue weighted by molar-refractivity contribution is 5.36. The predicted molar refractivity (Wildman–Crippen MR) is 86.5 cm³/mol. The van der Waals surface area contributed by atoms with Crippen molar-refractivity contribution in [2.24, 2.45) is 0 Å². The Morgan fingerprint density at radius 3 is 2.64 bits per heavy atom. The Morgan fingerprint density at radius 1 is 1.23 bits per heavy atom. The first-order valence-corrected chi connectivity index (χ1v) is 8.51. The summed E-state index contributed by atoms with van der Waals surface area (Å²) in [6, 6.07) is 9.12. The van der Waals surface area contributed by atoms with Crippen molar-refractivity contribution in [3.05, 3.63) is 29.8 Å². The minimum Gasteiger partial charge on any atom is -0.496 e. The molecule has 0 aromatic heterocycles. The maximum atomic E-state index is 6.07. The van der Waals surface area contributed by atoms with Gasteiger partial charge in [0, 0.05) is 19.1 Å². The lowest BCUT2D eigenvalue weighted by molar-refractivity contribution is -0.0367. The van der Waals surface area contributed by atoms with Crippen molar-refractivity contribution in [3.8, 4) is 5.75 Å². The number of methoxy groups -OCH3 is 1. The molecule has 4 rings (SSSR count). The van der Waals surface area contributed by atoms with Crippen LogP contribution < -0.4 is 10.1 Å². The summed E-state index contributed by atoms with van der Waals surface area (Å²) >= 11 is 0. The van der Waals surface area contributed by atoms with Crippen LogP contribution in [-0.4, -0.2) is 56.4 Å². The summed E-state index contributed by atoms with van der Waals surface area (Å²) in [5.74, 6) is 1.68. The van der Waals surface area contributed by atoms with Crippen molar-refractivity contribution >= 4 is 0 Å². The summed E-state index contributed by atoms with van der Waals surface area (Å²) in [5, 5.41) is 3.35. The fourth-order valence-electron chi connectivity index (χ4n) is 4.28. The first-order chi connectivity index (χ1) is 10.8. The number of likely N-dealkylation sites (tertiary alicyclic amines) is 1. The summed E-state index contributed by atoms with van der Waals surface area (Å²) in [6.07, 6.45) is 3.66. The second-order valence-electron chi connectivity index (χ2n) is 7.01. The van der Waals surface area contributed by atoms with Crippen molar-refractivity contribution in [2.75, 3.05) is 39.9 Å². The van der Waals surface area contributed by atoms with Gasteiger partial charge in [0.2, 0.25) is 0 Å². The lowest BCUT2D eigenvalue weighted by atomic mass is 9.86. The molecule has 1 spiro atoms. The molecule has 1 N–H and O–H groups in total. The van der Waals surface area contributed by atoms with Gasteiger partial charge >= 0.3 is 0 Å². The molecular formula is C18H26N2O2. The van der Waals surface area contributed by atoms with E-state index in [1.165, 1.54) is 37.9 Å². The number of benzene rings is 1. The Bertz CT molecular complexity index is 522. The van der Waals surface area contributed by atoms with Crippen LogP contribution in [0.1, 0.15) is 30.7 Å². The SMILES string of the molecule is COc1ccccc1C1CCN(C2COC3(CNC3)C2)CC1. The standard InChI is InChI=1S/C18H26N2O2/c1-21-17-5-3-2-4-16(17)14-6-8-20(9-7-14)15-10-18(22-11-15)12-19-13-18/h2-5,14-15,19H,6-13H2,1H3. The number of hydrogen-bond donors (Lipinski definition) is 1. The molecule has 0 amide bonds. The fourth-order valence-corrected chi connectivity index (χ4v) is 4.28. The molecule has 4 nitrogen and oxygen atoms in total. The lowest BCUT2D eigenvalue weighted by Gasteiger charge is -2.40. The monoisotopic (exact) mass is 302 g/mol. The van der Waals surface area contributed by atoms with E-state index in [9.17, 15) is 0 Å². The van der Waals surface area contributed by atoms with Gasteiger partial charge in [-0.05, 0) is 49.9 Å². The highest BCUT2D eigenvalue weighted by Crippen LogP contribution is 2.37. The van der Waals surface area contributed by atoms with Crippen LogP contribution in [0.4, 0.5) is 0 Å². The van der Waals surface area contributed by atoms with Crippen molar-refractivity contribution in [1.82, 2.24) is 10.2 Å². The second kappa shape index (κ2) is 5.84. The molecule has 0 radical (unpaired) electrons. The molecule has 120 valence electrons. The first-order valence-electron chi connectivity index (χ1n) is 8.51. The minimum atomic E-state index is 0.171.